The molecule has 0 saturated heterocycles. The molecule has 1 aromatic carbocycles. The molecule has 0 bridgehead atoms. The third-order valence-electron chi connectivity index (χ3n) is 4.22. The molecule has 0 amide bonds. The molecule has 1 aliphatic heterocycles. The number of ketones is 1. The van der Waals surface area contributed by atoms with Gasteiger partial charge in [0.25, 0.3) is 0 Å². The number of fused-ring (bicyclic) bond motifs is 2. The van der Waals surface area contributed by atoms with Crippen LogP contribution in [-0.2, 0) is 4.79 Å². The lowest BCUT2D eigenvalue weighted by Crippen LogP contribution is -2.40. The highest BCUT2D eigenvalue weighted by molar-refractivity contribution is 5.87. The molecule has 1 N–H and O–H groups in total. The van der Waals surface area contributed by atoms with Crippen molar-refractivity contribution in [1.29, 1.82) is 0 Å². The minimum atomic E-state index is -0.196. The maximum atomic E-state index is 12.6. The van der Waals surface area contributed by atoms with Gasteiger partial charge in [-0.3, -0.25) is 4.79 Å². The molecule has 3 atom stereocenters. The van der Waals surface area contributed by atoms with Gasteiger partial charge in [0.1, 0.15) is 12.1 Å². The van der Waals surface area contributed by atoms with Gasteiger partial charge >= 0.3 is 0 Å². The van der Waals surface area contributed by atoms with Gasteiger partial charge in [-0.15, -0.1) is 0 Å². The van der Waals surface area contributed by atoms with Crippen LogP contribution in [0.2, 0.25) is 0 Å². The highest BCUT2D eigenvalue weighted by atomic mass is 16.1. The zero-order chi connectivity index (χ0) is 14.4. The number of nitrogens with zero attached hydrogens (tertiary/aromatic N) is 3. The van der Waals surface area contributed by atoms with E-state index in [0.717, 1.165) is 11.3 Å². The maximum Gasteiger partial charge on any atom is 0.226 e. The number of aromatic nitrogens is 3. The smallest absolute Gasteiger partial charge is 0.226 e. The predicted octanol–water partition coefficient (Wildman–Crippen LogP) is 2.40. The number of carbonyl (C=O) groups excluding carboxylic acids is 1. The molecular formula is C16H16N4O. The van der Waals surface area contributed by atoms with Crippen LogP contribution in [0.1, 0.15) is 24.9 Å². The summed E-state index contributed by atoms with van der Waals surface area (Å²) in [6.45, 7) is 2.07. The first-order valence-corrected chi connectivity index (χ1v) is 7.20. The number of benzene rings is 1. The normalized spacial score (nSPS) is 27.4. The van der Waals surface area contributed by atoms with Crippen molar-refractivity contribution < 1.29 is 4.79 Å². The molecule has 2 heterocycles. The molecule has 0 radical (unpaired) electrons. The zero-order valence-corrected chi connectivity index (χ0v) is 11.7. The van der Waals surface area contributed by atoms with Gasteiger partial charge in [0.15, 0.2) is 0 Å². The van der Waals surface area contributed by atoms with Crippen molar-refractivity contribution in [1.82, 2.24) is 14.8 Å². The molecule has 0 unspecified atom stereocenters. The molecule has 5 heteroatoms. The highest BCUT2D eigenvalue weighted by Crippen LogP contribution is 2.41. The SMILES string of the molecule is C[C@@H]1C=C2Nc3ncnn3[C@H](c3ccccc3)[C@H]2C(=O)C1. The van der Waals surface area contributed by atoms with Crippen molar-refractivity contribution in [3.8, 4) is 0 Å². The Morgan fingerprint density at radius 2 is 2.10 bits per heavy atom. The monoisotopic (exact) mass is 280 g/mol. The Morgan fingerprint density at radius 3 is 2.90 bits per heavy atom. The van der Waals surface area contributed by atoms with Crippen LogP contribution in [0.5, 0.6) is 0 Å². The van der Waals surface area contributed by atoms with Crippen LogP contribution in [0.4, 0.5) is 5.95 Å². The molecular weight excluding hydrogens is 264 g/mol. The van der Waals surface area contributed by atoms with Crippen molar-refractivity contribution in [3.05, 3.63) is 54.0 Å². The Balaban J connectivity index is 1.90. The van der Waals surface area contributed by atoms with Gasteiger partial charge in [-0.25, -0.2) is 4.68 Å². The zero-order valence-electron chi connectivity index (χ0n) is 11.7. The summed E-state index contributed by atoms with van der Waals surface area (Å²) in [6, 6.07) is 9.94. The van der Waals surface area contributed by atoms with Gasteiger partial charge in [-0.2, -0.15) is 10.1 Å². The fraction of sp³-hybridized carbons (Fsp3) is 0.312. The Hall–Kier alpha value is -2.43. The lowest BCUT2D eigenvalue weighted by molar-refractivity contribution is -0.123. The van der Waals surface area contributed by atoms with Gasteiger partial charge in [0.05, 0.1) is 12.0 Å². The third kappa shape index (κ3) is 1.88. The van der Waals surface area contributed by atoms with E-state index in [0.29, 0.717) is 12.4 Å². The van der Waals surface area contributed by atoms with Crippen LogP contribution < -0.4 is 5.32 Å². The first-order valence-electron chi connectivity index (χ1n) is 7.20. The largest absolute Gasteiger partial charge is 0.328 e. The lowest BCUT2D eigenvalue weighted by Gasteiger charge is -2.37. The molecule has 1 aliphatic carbocycles. The van der Waals surface area contributed by atoms with E-state index >= 15 is 0 Å². The second-order valence-electron chi connectivity index (χ2n) is 5.76. The average molecular weight is 280 g/mol. The summed E-state index contributed by atoms with van der Waals surface area (Å²) in [4.78, 5) is 16.9. The number of allylic oxidation sites excluding steroid dienone is 2. The minimum absolute atomic E-state index is 0.115. The second kappa shape index (κ2) is 4.55. The number of hydrogen-bond acceptors (Lipinski definition) is 4. The van der Waals surface area contributed by atoms with E-state index in [4.69, 9.17) is 0 Å². The van der Waals surface area contributed by atoms with E-state index in [9.17, 15) is 4.79 Å². The van der Waals surface area contributed by atoms with Gasteiger partial charge < -0.3 is 5.32 Å². The molecule has 106 valence electrons. The summed E-state index contributed by atoms with van der Waals surface area (Å²) in [5.74, 6) is 1.04. The molecule has 21 heavy (non-hydrogen) atoms. The van der Waals surface area contributed by atoms with E-state index in [2.05, 4.69) is 28.4 Å². The summed E-state index contributed by atoms with van der Waals surface area (Å²) < 4.78 is 1.82. The standard InChI is InChI=1S/C16H16N4O/c1-10-7-12-14(13(21)8-10)15(11-5-3-2-4-6-11)20-16(19-12)17-9-18-20/h2-7,9-10,14-15H,8H2,1H3,(H,17,18,19)/t10-,14-,15-/m1/s1. The number of hydrogen-bond donors (Lipinski definition) is 1. The van der Waals surface area contributed by atoms with Crippen LogP contribution >= 0.6 is 0 Å². The number of anilines is 1. The van der Waals surface area contributed by atoms with E-state index in [1.165, 1.54) is 6.33 Å². The van der Waals surface area contributed by atoms with Crippen molar-refractivity contribution in [2.45, 2.75) is 19.4 Å². The number of carbonyl (C=O) groups is 1. The Kier molecular flexibility index (Phi) is 2.67. The first-order chi connectivity index (χ1) is 10.2. The lowest BCUT2D eigenvalue weighted by atomic mass is 9.78. The van der Waals surface area contributed by atoms with Crippen molar-refractivity contribution >= 4 is 11.7 Å². The van der Waals surface area contributed by atoms with E-state index < -0.39 is 0 Å². The second-order valence-corrected chi connectivity index (χ2v) is 5.76. The minimum Gasteiger partial charge on any atom is -0.328 e. The molecule has 0 saturated carbocycles. The first kappa shape index (κ1) is 12.3. The van der Waals surface area contributed by atoms with Crippen LogP contribution in [0.25, 0.3) is 0 Å². The Bertz CT molecular complexity index is 719. The van der Waals surface area contributed by atoms with Crippen molar-refractivity contribution in [3.63, 3.8) is 0 Å². The van der Waals surface area contributed by atoms with Crippen LogP contribution in [0.15, 0.2) is 48.4 Å². The van der Waals surface area contributed by atoms with Crippen LogP contribution in [0, 0.1) is 11.8 Å². The van der Waals surface area contributed by atoms with Gasteiger partial charge in [-0.05, 0) is 11.5 Å². The van der Waals surface area contributed by atoms with E-state index in [1.807, 2.05) is 35.0 Å². The summed E-state index contributed by atoms with van der Waals surface area (Å²) in [7, 11) is 0. The van der Waals surface area contributed by atoms with E-state index in [1.54, 1.807) is 0 Å². The third-order valence-corrected chi connectivity index (χ3v) is 4.22. The maximum absolute atomic E-state index is 12.6. The summed E-state index contributed by atoms with van der Waals surface area (Å²) >= 11 is 0. The molecule has 5 nitrogen and oxygen atoms in total. The molecule has 0 fully saturated rings. The van der Waals surface area contributed by atoms with Crippen molar-refractivity contribution in [2.24, 2.45) is 11.8 Å². The van der Waals surface area contributed by atoms with Gasteiger partial charge in [0.2, 0.25) is 5.95 Å². The highest BCUT2D eigenvalue weighted by Gasteiger charge is 2.42. The Labute approximate surface area is 122 Å². The molecule has 1 aromatic heterocycles. The topological polar surface area (TPSA) is 59.8 Å². The predicted molar refractivity (Wildman–Crippen MR) is 78.6 cm³/mol. The fourth-order valence-corrected chi connectivity index (χ4v) is 3.35. The molecule has 2 aromatic rings. The quantitative estimate of drug-likeness (QED) is 0.871. The fourth-order valence-electron chi connectivity index (χ4n) is 3.35. The molecule has 4 rings (SSSR count). The summed E-state index contributed by atoms with van der Waals surface area (Å²) in [5, 5.41) is 7.59. The average Bonchev–Trinajstić information content (AvgIpc) is 2.93. The summed E-state index contributed by atoms with van der Waals surface area (Å²) in [5.41, 5.74) is 2.05. The Morgan fingerprint density at radius 1 is 1.29 bits per heavy atom. The van der Waals surface area contributed by atoms with Gasteiger partial charge in [0, 0.05) is 12.1 Å². The van der Waals surface area contributed by atoms with Crippen molar-refractivity contribution in [2.75, 3.05) is 5.32 Å². The number of rotatable bonds is 1. The van der Waals surface area contributed by atoms with Gasteiger partial charge in [-0.1, -0.05) is 43.3 Å². The summed E-state index contributed by atoms with van der Waals surface area (Å²) in [6.07, 6.45) is 4.27. The number of Topliss-reactive ketones (excluding diaryl/α,β-unsaturated/α-hetero) is 1. The molecule has 2 aliphatic rings. The molecule has 0 spiro atoms. The van der Waals surface area contributed by atoms with Crippen LogP contribution in [0.3, 0.4) is 0 Å². The van der Waals surface area contributed by atoms with E-state index in [-0.39, 0.29) is 23.7 Å². The van der Waals surface area contributed by atoms with Crippen LogP contribution in [-0.4, -0.2) is 20.5 Å². The number of nitrogens with one attached hydrogen (secondary N) is 1.